The van der Waals surface area contributed by atoms with Crippen LogP contribution in [0.2, 0.25) is 10.0 Å². The summed E-state index contributed by atoms with van der Waals surface area (Å²) in [6.45, 7) is 0.126. The normalized spacial score (nSPS) is 11.5. The number of hydrogen-bond acceptors (Lipinski definition) is 5. The molecule has 0 bridgehead atoms. The third kappa shape index (κ3) is 4.12. The van der Waals surface area contributed by atoms with Crippen molar-refractivity contribution >= 4 is 46.5 Å². The van der Waals surface area contributed by atoms with Gasteiger partial charge in [-0.25, -0.2) is 10.2 Å². The van der Waals surface area contributed by atoms with Gasteiger partial charge in [-0.1, -0.05) is 47.5 Å². The summed E-state index contributed by atoms with van der Waals surface area (Å²) in [5.41, 5.74) is 4.13. The van der Waals surface area contributed by atoms with Crippen LogP contribution in [0.4, 0.5) is 5.95 Å². The molecular formula is C21H18Cl2N6O2. The molecule has 0 amide bonds. The van der Waals surface area contributed by atoms with Gasteiger partial charge in [0.1, 0.15) is 0 Å². The maximum Gasteiger partial charge on any atom is 0.332 e. The lowest BCUT2D eigenvalue weighted by Gasteiger charge is -2.09. The molecule has 4 rings (SSSR count). The number of aromatic nitrogens is 4. The summed E-state index contributed by atoms with van der Waals surface area (Å²) < 4.78 is 4.10. The first-order valence-corrected chi connectivity index (χ1v) is 10.1. The summed E-state index contributed by atoms with van der Waals surface area (Å²) >= 11 is 11.8. The van der Waals surface area contributed by atoms with Crippen LogP contribution in [0.15, 0.2) is 63.2 Å². The van der Waals surface area contributed by atoms with Crippen molar-refractivity contribution < 1.29 is 0 Å². The molecule has 0 aliphatic rings. The van der Waals surface area contributed by atoms with Crippen LogP contribution in [0.3, 0.4) is 0 Å². The van der Waals surface area contributed by atoms with Gasteiger partial charge < -0.3 is 4.57 Å². The van der Waals surface area contributed by atoms with Crippen molar-refractivity contribution in [2.45, 2.75) is 6.54 Å². The summed E-state index contributed by atoms with van der Waals surface area (Å²) in [4.78, 5) is 30.3. The van der Waals surface area contributed by atoms with E-state index in [1.165, 1.54) is 9.13 Å². The van der Waals surface area contributed by atoms with Gasteiger partial charge in [0, 0.05) is 24.1 Å². The molecule has 31 heavy (non-hydrogen) atoms. The number of hydrogen-bond donors (Lipinski definition) is 1. The summed E-state index contributed by atoms with van der Waals surface area (Å²) in [5, 5.41) is 5.39. The second-order valence-electron chi connectivity index (χ2n) is 6.95. The van der Waals surface area contributed by atoms with Crippen molar-refractivity contribution in [2.24, 2.45) is 19.2 Å². The molecule has 0 aliphatic heterocycles. The quantitative estimate of drug-likeness (QED) is 0.368. The molecule has 0 aliphatic carbocycles. The van der Waals surface area contributed by atoms with Gasteiger partial charge in [-0.15, -0.1) is 0 Å². The predicted octanol–water partition coefficient (Wildman–Crippen LogP) is 3.23. The third-order valence-corrected chi connectivity index (χ3v) is 5.37. The zero-order valence-electron chi connectivity index (χ0n) is 16.7. The fourth-order valence-electron chi connectivity index (χ4n) is 3.17. The number of rotatable bonds is 5. The summed E-state index contributed by atoms with van der Waals surface area (Å²) in [6.07, 6.45) is 1.60. The van der Waals surface area contributed by atoms with E-state index in [1.807, 2.05) is 12.1 Å². The van der Waals surface area contributed by atoms with Gasteiger partial charge >= 0.3 is 5.69 Å². The van der Waals surface area contributed by atoms with Crippen LogP contribution in [0, 0.1) is 0 Å². The Balaban J connectivity index is 1.71. The second-order valence-corrected chi connectivity index (χ2v) is 7.82. The van der Waals surface area contributed by atoms with Crippen molar-refractivity contribution in [1.29, 1.82) is 0 Å². The fraction of sp³-hybridized carbons (Fsp3) is 0.143. The number of benzene rings is 2. The summed E-state index contributed by atoms with van der Waals surface area (Å²) in [7, 11) is 3.27. The number of nitrogens with zero attached hydrogens (tertiary/aromatic N) is 5. The Bertz CT molecular complexity index is 1400. The Morgan fingerprint density at radius 2 is 1.58 bits per heavy atom. The lowest BCUT2D eigenvalue weighted by Crippen LogP contribution is -2.39. The highest BCUT2D eigenvalue weighted by Gasteiger charge is 2.18. The maximum atomic E-state index is 13.1. The molecule has 0 spiro atoms. The van der Waals surface area contributed by atoms with Crippen LogP contribution in [0.25, 0.3) is 11.2 Å². The molecular weight excluding hydrogens is 439 g/mol. The highest BCUT2D eigenvalue weighted by molar-refractivity contribution is 6.30. The Kier molecular flexibility index (Phi) is 5.67. The molecule has 2 heterocycles. The number of anilines is 1. The van der Waals surface area contributed by atoms with Gasteiger partial charge in [-0.05, 0) is 35.4 Å². The largest absolute Gasteiger partial charge is 0.332 e. The number of hydrazone groups is 1. The van der Waals surface area contributed by atoms with Gasteiger partial charge in [0.25, 0.3) is 5.56 Å². The van der Waals surface area contributed by atoms with Gasteiger partial charge in [-0.3, -0.25) is 13.9 Å². The first-order valence-electron chi connectivity index (χ1n) is 9.30. The molecule has 0 radical (unpaired) electrons. The molecule has 1 N–H and O–H groups in total. The van der Waals surface area contributed by atoms with E-state index in [1.54, 1.807) is 61.3 Å². The Morgan fingerprint density at radius 3 is 2.23 bits per heavy atom. The molecule has 10 heteroatoms. The number of halogens is 2. The molecule has 0 saturated heterocycles. The van der Waals surface area contributed by atoms with Crippen molar-refractivity contribution in [1.82, 2.24) is 18.7 Å². The van der Waals surface area contributed by atoms with Crippen LogP contribution >= 0.6 is 23.2 Å². The number of fused-ring (bicyclic) bond motifs is 1. The topological polar surface area (TPSA) is 86.2 Å². The zero-order chi connectivity index (χ0) is 22.1. The summed E-state index contributed by atoms with van der Waals surface area (Å²) in [6, 6.07) is 14.2. The van der Waals surface area contributed by atoms with Gasteiger partial charge in [0.15, 0.2) is 11.2 Å². The predicted molar refractivity (Wildman–Crippen MR) is 123 cm³/mol. The van der Waals surface area contributed by atoms with Crippen LogP contribution in [-0.2, 0) is 20.6 Å². The minimum atomic E-state index is -0.457. The monoisotopic (exact) mass is 456 g/mol. The molecule has 2 aromatic carbocycles. The molecule has 0 fully saturated rings. The van der Waals surface area contributed by atoms with Gasteiger partial charge in [0.2, 0.25) is 5.95 Å². The van der Waals surface area contributed by atoms with E-state index in [2.05, 4.69) is 15.5 Å². The Morgan fingerprint density at radius 1 is 0.968 bits per heavy atom. The maximum absolute atomic E-state index is 13.1. The molecule has 4 aromatic rings. The summed E-state index contributed by atoms with van der Waals surface area (Å²) in [5.74, 6) is 0.330. The fourth-order valence-corrected chi connectivity index (χ4v) is 3.42. The first kappa shape index (κ1) is 20.9. The van der Waals surface area contributed by atoms with E-state index in [0.29, 0.717) is 21.5 Å². The minimum Gasteiger partial charge on any atom is -0.306 e. The zero-order valence-corrected chi connectivity index (χ0v) is 18.2. The molecule has 2 aromatic heterocycles. The van der Waals surface area contributed by atoms with Crippen molar-refractivity contribution in [3.05, 3.63) is 90.5 Å². The highest BCUT2D eigenvalue weighted by Crippen LogP contribution is 2.15. The van der Waals surface area contributed by atoms with Gasteiger partial charge in [-0.2, -0.15) is 10.1 Å². The lowest BCUT2D eigenvalue weighted by atomic mass is 10.2. The Hall–Kier alpha value is -3.36. The average Bonchev–Trinajstić information content (AvgIpc) is 3.09. The third-order valence-electron chi connectivity index (χ3n) is 4.86. The van der Waals surface area contributed by atoms with E-state index in [0.717, 1.165) is 11.1 Å². The van der Waals surface area contributed by atoms with E-state index >= 15 is 0 Å². The smallest absolute Gasteiger partial charge is 0.306 e. The lowest BCUT2D eigenvalue weighted by molar-refractivity contribution is 0.655. The number of imidazole rings is 1. The highest BCUT2D eigenvalue weighted by atomic mass is 35.5. The van der Waals surface area contributed by atoms with Crippen LogP contribution in [0.1, 0.15) is 11.1 Å². The van der Waals surface area contributed by atoms with Gasteiger partial charge in [0.05, 0.1) is 12.8 Å². The van der Waals surface area contributed by atoms with E-state index in [9.17, 15) is 9.59 Å². The molecule has 0 saturated carbocycles. The number of aryl methyl sites for hydroxylation is 2. The number of nitrogens with one attached hydrogen (secondary N) is 1. The second kappa shape index (κ2) is 8.41. The van der Waals surface area contributed by atoms with Crippen LogP contribution in [-0.4, -0.2) is 24.9 Å². The van der Waals surface area contributed by atoms with Crippen molar-refractivity contribution in [3.63, 3.8) is 0 Å². The molecule has 158 valence electrons. The standard InChI is InChI=1S/C21H18Cl2N6O2/c1-27-17-18(25-20(27)26-24-11-13-3-7-15(22)8-4-13)28(2)21(31)29(19(17)30)12-14-5-9-16(23)10-6-14/h3-11H,12H2,1-2H3,(H,25,26). The van der Waals surface area contributed by atoms with E-state index in [-0.39, 0.29) is 12.2 Å². The Labute approximate surface area is 187 Å². The first-order chi connectivity index (χ1) is 14.8. The van der Waals surface area contributed by atoms with E-state index in [4.69, 9.17) is 23.2 Å². The van der Waals surface area contributed by atoms with Crippen molar-refractivity contribution in [2.75, 3.05) is 5.43 Å². The van der Waals surface area contributed by atoms with Crippen molar-refractivity contribution in [3.8, 4) is 0 Å². The minimum absolute atomic E-state index is 0.126. The molecule has 0 atom stereocenters. The van der Waals surface area contributed by atoms with E-state index < -0.39 is 11.2 Å². The average molecular weight is 457 g/mol. The SMILES string of the molecule is Cn1c(NN=Cc2ccc(Cl)cc2)nc2c1c(=O)n(Cc1ccc(Cl)cc1)c(=O)n2C. The molecule has 8 nitrogen and oxygen atoms in total. The van der Waals surface area contributed by atoms with Crippen LogP contribution < -0.4 is 16.7 Å². The van der Waals surface area contributed by atoms with Crippen LogP contribution in [0.5, 0.6) is 0 Å². The molecule has 0 unspecified atom stereocenters.